The van der Waals surface area contributed by atoms with Crippen LogP contribution in [0.2, 0.25) is 0 Å². The summed E-state index contributed by atoms with van der Waals surface area (Å²) in [5.74, 6) is -0.346. The van der Waals surface area contributed by atoms with E-state index in [4.69, 9.17) is 4.42 Å². The predicted octanol–water partition coefficient (Wildman–Crippen LogP) is 2.31. The number of rotatable bonds is 2. The molecular weight excluding hydrogens is 286 g/mol. The molecule has 2 aromatic rings. The van der Waals surface area contributed by atoms with E-state index in [9.17, 15) is 9.59 Å². The quantitative estimate of drug-likeness (QED) is 0.925. The van der Waals surface area contributed by atoms with E-state index in [1.54, 1.807) is 25.1 Å². The van der Waals surface area contributed by atoms with Crippen molar-refractivity contribution in [2.45, 2.75) is 6.92 Å². The summed E-state index contributed by atoms with van der Waals surface area (Å²) in [7, 11) is 0. The molecule has 17 heavy (non-hydrogen) atoms. The van der Waals surface area contributed by atoms with Gasteiger partial charge in [-0.2, -0.15) is 0 Å². The minimum atomic E-state index is -0.509. The minimum Gasteiger partial charge on any atom is -0.417 e. The largest absolute Gasteiger partial charge is 0.417 e. The number of hydrogen-bond donors (Lipinski definition) is 1. The van der Waals surface area contributed by atoms with Gasteiger partial charge in [0.2, 0.25) is 0 Å². The first kappa shape index (κ1) is 11.9. The lowest BCUT2D eigenvalue weighted by Gasteiger charge is -2.02. The number of amides is 1. The van der Waals surface area contributed by atoms with Crippen LogP contribution < -0.4 is 10.9 Å². The molecule has 0 atom stereocenters. The first-order valence-electron chi connectivity index (χ1n) is 5.13. The molecule has 0 aliphatic rings. The molecule has 4 nitrogen and oxygen atoms in total. The zero-order valence-corrected chi connectivity index (χ0v) is 10.7. The molecule has 0 aliphatic carbocycles. The summed E-state index contributed by atoms with van der Waals surface area (Å²) in [6.07, 6.45) is 0. The zero-order chi connectivity index (χ0) is 12.4. The van der Waals surface area contributed by atoms with E-state index in [2.05, 4.69) is 21.2 Å². The Morgan fingerprint density at radius 3 is 2.88 bits per heavy atom. The first-order valence-corrected chi connectivity index (χ1v) is 5.92. The molecule has 5 heteroatoms. The van der Waals surface area contributed by atoms with E-state index in [0.29, 0.717) is 17.3 Å². The van der Waals surface area contributed by atoms with Crippen LogP contribution in [0.3, 0.4) is 0 Å². The number of carbonyl (C=O) groups excluding carboxylic acids is 1. The van der Waals surface area contributed by atoms with Crippen LogP contribution >= 0.6 is 15.9 Å². The van der Waals surface area contributed by atoms with Crippen LogP contribution in [0, 0.1) is 0 Å². The van der Waals surface area contributed by atoms with Gasteiger partial charge in [-0.25, -0.2) is 4.79 Å². The maximum atomic E-state index is 11.7. The zero-order valence-electron chi connectivity index (χ0n) is 9.12. The van der Waals surface area contributed by atoms with Crippen LogP contribution in [-0.2, 0) is 0 Å². The van der Waals surface area contributed by atoms with Gasteiger partial charge in [0.05, 0.1) is 5.39 Å². The molecule has 0 aliphatic heterocycles. The van der Waals surface area contributed by atoms with Gasteiger partial charge in [-0.1, -0.05) is 22.0 Å². The van der Waals surface area contributed by atoms with Crippen molar-refractivity contribution in [2.24, 2.45) is 0 Å². The van der Waals surface area contributed by atoms with Gasteiger partial charge in [-0.05, 0) is 30.5 Å². The van der Waals surface area contributed by atoms with Crippen molar-refractivity contribution in [3.05, 3.63) is 44.9 Å². The Hall–Kier alpha value is -1.62. The van der Waals surface area contributed by atoms with E-state index in [0.717, 1.165) is 4.47 Å². The highest BCUT2D eigenvalue weighted by molar-refractivity contribution is 9.10. The van der Waals surface area contributed by atoms with Crippen molar-refractivity contribution in [1.29, 1.82) is 0 Å². The van der Waals surface area contributed by atoms with Gasteiger partial charge >= 0.3 is 5.63 Å². The maximum Gasteiger partial charge on any atom is 0.344 e. The number of fused-ring (bicyclic) bond motifs is 1. The molecule has 1 aromatic carbocycles. The highest BCUT2D eigenvalue weighted by atomic mass is 79.9. The van der Waals surface area contributed by atoms with Gasteiger partial charge in [0.25, 0.3) is 5.91 Å². The summed E-state index contributed by atoms with van der Waals surface area (Å²) in [5.41, 5.74) is -0.509. The normalized spacial score (nSPS) is 10.5. The fourth-order valence-electron chi connectivity index (χ4n) is 1.52. The van der Waals surface area contributed by atoms with Crippen LogP contribution in [0.25, 0.3) is 10.8 Å². The number of halogens is 1. The topological polar surface area (TPSA) is 59.3 Å². The van der Waals surface area contributed by atoms with Crippen LogP contribution in [0.5, 0.6) is 0 Å². The third-order valence-corrected chi connectivity index (χ3v) is 2.78. The highest BCUT2D eigenvalue weighted by Crippen LogP contribution is 2.18. The van der Waals surface area contributed by atoms with Crippen molar-refractivity contribution in [1.82, 2.24) is 5.32 Å². The Kier molecular flexibility index (Phi) is 3.28. The maximum absolute atomic E-state index is 11.7. The number of benzene rings is 1. The Bertz CT molecular complexity index is 633. The molecule has 0 fully saturated rings. The fraction of sp³-hybridized carbons (Fsp3) is 0.167. The molecule has 0 spiro atoms. The average Bonchev–Trinajstić information content (AvgIpc) is 2.30. The smallest absolute Gasteiger partial charge is 0.344 e. The summed E-state index contributed by atoms with van der Waals surface area (Å²) in [6, 6.07) is 6.80. The number of hydrogen-bond acceptors (Lipinski definition) is 3. The Morgan fingerprint density at radius 1 is 1.41 bits per heavy atom. The van der Waals surface area contributed by atoms with E-state index in [1.165, 1.54) is 0 Å². The fourth-order valence-corrected chi connectivity index (χ4v) is 1.88. The molecule has 1 amide bonds. The van der Waals surface area contributed by atoms with Crippen molar-refractivity contribution in [3.63, 3.8) is 0 Å². The summed E-state index contributed by atoms with van der Waals surface area (Å²) in [5, 5.41) is 3.72. The molecule has 1 aromatic heterocycles. The molecule has 0 saturated heterocycles. The van der Waals surface area contributed by atoms with Crippen molar-refractivity contribution < 1.29 is 9.21 Å². The summed E-state index contributed by atoms with van der Waals surface area (Å²) in [4.78, 5) is 23.2. The SMILES string of the molecule is CCNC(=O)c1cc2ccc(Br)cc2c(=O)o1. The lowest BCUT2D eigenvalue weighted by Crippen LogP contribution is -2.23. The Morgan fingerprint density at radius 2 is 2.18 bits per heavy atom. The molecule has 1 N–H and O–H groups in total. The predicted molar refractivity (Wildman–Crippen MR) is 68.2 cm³/mol. The summed E-state index contributed by atoms with van der Waals surface area (Å²) in [6.45, 7) is 2.29. The second kappa shape index (κ2) is 4.71. The molecule has 88 valence electrons. The summed E-state index contributed by atoms with van der Waals surface area (Å²) >= 11 is 3.28. The average molecular weight is 296 g/mol. The molecule has 0 unspecified atom stereocenters. The highest BCUT2D eigenvalue weighted by Gasteiger charge is 2.11. The van der Waals surface area contributed by atoms with E-state index in [1.807, 2.05) is 6.07 Å². The molecule has 1 heterocycles. The van der Waals surface area contributed by atoms with Crippen LogP contribution in [0.1, 0.15) is 17.5 Å². The van der Waals surface area contributed by atoms with Crippen molar-refractivity contribution in [2.75, 3.05) is 6.54 Å². The Balaban J connectivity index is 2.60. The van der Waals surface area contributed by atoms with Crippen molar-refractivity contribution >= 4 is 32.6 Å². The van der Waals surface area contributed by atoms with Gasteiger partial charge in [0.1, 0.15) is 0 Å². The van der Waals surface area contributed by atoms with E-state index in [-0.39, 0.29) is 11.7 Å². The number of nitrogens with one attached hydrogen (secondary N) is 1. The number of carbonyl (C=O) groups is 1. The molecular formula is C12H10BrNO3. The van der Waals surface area contributed by atoms with Crippen LogP contribution in [0.4, 0.5) is 0 Å². The molecule has 0 saturated carbocycles. The van der Waals surface area contributed by atoms with E-state index >= 15 is 0 Å². The van der Waals surface area contributed by atoms with Crippen LogP contribution in [0.15, 0.2) is 37.9 Å². The third-order valence-electron chi connectivity index (χ3n) is 2.29. The van der Waals surface area contributed by atoms with Crippen LogP contribution in [-0.4, -0.2) is 12.5 Å². The molecule has 2 rings (SSSR count). The first-order chi connectivity index (χ1) is 8.11. The molecule has 0 bridgehead atoms. The second-order valence-electron chi connectivity index (χ2n) is 3.49. The van der Waals surface area contributed by atoms with E-state index < -0.39 is 5.63 Å². The monoisotopic (exact) mass is 295 g/mol. The minimum absolute atomic E-state index is 0.0340. The second-order valence-corrected chi connectivity index (χ2v) is 4.40. The standard InChI is InChI=1S/C12H10BrNO3/c1-2-14-11(15)10-5-7-3-4-8(13)6-9(7)12(16)17-10/h3-6H,2H2,1H3,(H,14,15). The van der Waals surface area contributed by atoms with Gasteiger partial charge in [0.15, 0.2) is 5.76 Å². The third kappa shape index (κ3) is 2.39. The lowest BCUT2D eigenvalue weighted by atomic mass is 10.1. The van der Waals surface area contributed by atoms with Gasteiger partial charge in [-0.15, -0.1) is 0 Å². The van der Waals surface area contributed by atoms with Gasteiger partial charge < -0.3 is 9.73 Å². The van der Waals surface area contributed by atoms with Crippen molar-refractivity contribution in [3.8, 4) is 0 Å². The van der Waals surface area contributed by atoms with Gasteiger partial charge in [0, 0.05) is 11.0 Å². The lowest BCUT2D eigenvalue weighted by molar-refractivity contribution is 0.0924. The molecule has 0 radical (unpaired) electrons. The Labute approximate surface area is 106 Å². The van der Waals surface area contributed by atoms with Gasteiger partial charge in [-0.3, -0.25) is 4.79 Å². The summed E-state index contributed by atoms with van der Waals surface area (Å²) < 4.78 is 5.77.